The smallest absolute Gasteiger partial charge is 0.261 e. The van der Waals surface area contributed by atoms with E-state index in [0.29, 0.717) is 35.6 Å². The largest absolute Gasteiger partial charge is 0.351 e. The molecule has 1 aliphatic rings. The van der Waals surface area contributed by atoms with Crippen molar-refractivity contribution in [3.8, 4) is 0 Å². The van der Waals surface area contributed by atoms with E-state index in [1.54, 1.807) is 30.3 Å². The van der Waals surface area contributed by atoms with Crippen molar-refractivity contribution in [3.05, 3.63) is 46.7 Å². The molecule has 0 bridgehead atoms. The molecular formula is C19H21N3O3S. The summed E-state index contributed by atoms with van der Waals surface area (Å²) in [6, 6.07) is 10.7. The molecule has 0 aliphatic heterocycles. The molecule has 3 N–H and O–H groups in total. The van der Waals surface area contributed by atoms with E-state index in [9.17, 15) is 14.4 Å². The van der Waals surface area contributed by atoms with Gasteiger partial charge >= 0.3 is 0 Å². The van der Waals surface area contributed by atoms with Gasteiger partial charge in [-0.05, 0) is 48.9 Å². The maximum atomic E-state index is 12.0. The van der Waals surface area contributed by atoms with Crippen LogP contribution in [0.5, 0.6) is 0 Å². The first-order valence-electron chi connectivity index (χ1n) is 8.64. The molecular weight excluding hydrogens is 350 g/mol. The number of thiophene rings is 1. The van der Waals surface area contributed by atoms with E-state index in [2.05, 4.69) is 16.0 Å². The summed E-state index contributed by atoms with van der Waals surface area (Å²) in [5.74, 6) is -0.0619. The van der Waals surface area contributed by atoms with Gasteiger partial charge in [-0.2, -0.15) is 0 Å². The van der Waals surface area contributed by atoms with Gasteiger partial charge in [0.25, 0.3) is 5.91 Å². The fourth-order valence-corrected chi connectivity index (χ4v) is 3.07. The molecule has 1 saturated carbocycles. The van der Waals surface area contributed by atoms with Crippen LogP contribution in [0.15, 0.2) is 41.8 Å². The lowest BCUT2D eigenvalue weighted by molar-refractivity contribution is -0.117. The Balaban J connectivity index is 1.39. The van der Waals surface area contributed by atoms with Crippen LogP contribution in [0.25, 0.3) is 0 Å². The third kappa shape index (κ3) is 5.42. The van der Waals surface area contributed by atoms with Gasteiger partial charge in [0, 0.05) is 30.3 Å². The molecule has 0 radical (unpaired) electrons. The fraction of sp³-hybridized carbons (Fsp3) is 0.316. The van der Waals surface area contributed by atoms with Crippen molar-refractivity contribution in [2.75, 3.05) is 17.2 Å². The highest BCUT2D eigenvalue weighted by molar-refractivity contribution is 7.12. The minimum atomic E-state index is -0.124. The summed E-state index contributed by atoms with van der Waals surface area (Å²) in [7, 11) is 0. The van der Waals surface area contributed by atoms with Gasteiger partial charge < -0.3 is 16.0 Å². The Morgan fingerprint density at radius 3 is 2.50 bits per heavy atom. The standard InChI is InChI=1S/C19H21N3O3S/c23-17(7-2-10-20-19(25)16-6-3-11-26-16)21-14-4-1-5-15(12-14)22-18(24)13-8-9-13/h1,3-6,11-13H,2,7-10H2,(H,20,25)(H,21,23)(H,22,24). The van der Waals surface area contributed by atoms with Crippen LogP contribution in [0, 0.1) is 5.92 Å². The molecule has 6 nitrogen and oxygen atoms in total. The molecule has 26 heavy (non-hydrogen) atoms. The first kappa shape index (κ1) is 18.1. The van der Waals surface area contributed by atoms with E-state index in [-0.39, 0.29) is 23.6 Å². The molecule has 1 aliphatic carbocycles. The van der Waals surface area contributed by atoms with Crippen molar-refractivity contribution in [1.82, 2.24) is 5.32 Å². The Kier molecular flexibility index (Phi) is 6.01. The van der Waals surface area contributed by atoms with E-state index in [4.69, 9.17) is 0 Å². The zero-order chi connectivity index (χ0) is 18.4. The molecule has 0 unspecified atom stereocenters. The van der Waals surface area contributed by atoms with Gasteiger partial charge in [-0.3, -0.25) is 14.4 Å². The molecule has 1 fully saturated rings. The van der Waals surface area contributed by atoms with Gasteiger partial charge in [-0.1, -0.05) is 12.1 Å². The first-order chi connectivity index (χ1) is 12.6. The zero-order valence-corrected chi connectivity index (χ0v) is 15.1. The van der Waals surface area contributed by atoms with Gasteiger partial charge in [0.15, 0.2) is 0 Å². The molecule has 3 rings (SSSR count). The minimum Gasteiger partial charge on any atom is -0.351 e. The summed E-state index contributed by atoms with van der Waals surface area (Å²) in [5.41, 5.74) is 1.33. The molecule has 3 amide bonds. The fourth-order valence-electron chi connectivity index (χ4n) is 2.43. The average molecular weight is 371 g/mol. The van der Waals surface area contributed by atoms with Crippen LogP contribution >= 0.6 is 11.3 Å². The average Bonchev–Trinajstić information content (AvgIpc) is 3.33. The molecule has 0 spiro atoms. The first-order valence-corrected chi connectivity index (χ1v) is 9.52. The van der Waals surface area contributed by atoms with Crippen molar-refractivity contribution < 1.29 is 14.4 Å². The normalized spacial score (nSPS) is 13.1. The Bertz CT molecular complexity index is 785. The quantitative estimate of drug-likeness (QED) is 0.623. The van der Waals surface area contributed by atoms with Crippen LogP contribution in [0.3, 0.4) is 0 Å². The number of carbonyl (C=O) groups is 3. The second-order valence-corrected chi connectivity index (χ2v) is 7.18. The summed E-state index contributed by atoms with van der Waals surface area (Å²) in [5, 5.41) is 10.3. The Hall–Kier alpha value is -2.67. The lowest BCUT2D eigenvalue weighted by Crippen LogP contribution is -2.24. The maximum Gasteiger partial charge on any atom is 0.261 e. The van der Waals surface area contributed by atoms with Gasteiger partial charge in [0.1, 0.15) is 0 Å². The van der Waals surface area contributed by atoms with Crippen LogP contribution in [0.2, 0.25) is 0 Å². The van der Waals surface area contributed by atoms with E-state index < -0.39 is 0 Å². The van der Waals surface area contributed by atoms with Crippen molar-refractivity contribution in [3.63, 3.8) is 0 Å². The Morgan fingerprint density at radius 2 is 1.81 bits per heavy atom. The Morgan fingerprint density at radius 1 is 1.04 bits per heavy atom. The van der Waals surface area contributed by atoms with Gasteiger partial charge in [0.05, 0.1) is 4.88 Å². The summed E-state index contributed by atoms with van der Waals surface area (Å²) >= 11 is 1.39. The van der Waals surface area contributed by atoms with Crippen LogP contribution < -0.4 is 16.0 Å². The van der Waals surface area contributed by atoms with Crippen molar-refractivity contribution in [2.45, 2.75) is 25.7 Å². The number of rotatable bonds is 8. The van der Waals surface area contributed by atoms with Crippen molar-refractivity contribution in [2.24, 2.45) is 5.92 Å². The topological polar surface area (TPSA) is 87.3 Å². The molecule has 136 valence electrons. The monoisotopic (exact) mass is 371 g/mol. The molecule has 0 saturated heterocycles. The van der Waals surface area contributed by atoms with E-state index >= 15 is 0 Å². The Labute approximate surface area is 156 Å². The van der Waals surface area contributed by atoms with E-state index in [1.165, 1.54) is 11.3 Å². The third-order valence-corrected chi connectivity index (χ3v) is 4.84. The highest BCUT2D eigenvalue weighted by Gasteiger charge is 2.29. The van der Waals surface area contributed by atoms with Crippen LogP contribution in [-0.4, -0.2) is 24.3 Å². The van der Waals surface area contributed by atoms with Crippen molar-refractivity contribution in [1.29, 1.82) is 0 Å². The van der Waals surface area contributed by atoms with E-state index in [0.717, 1.165) is 12.8 Å². The minimum absolute atomic E-state index is 0.0370. The molecule has 0 atom stereocenters. The maximum absolute atomic E-state index is 12.0. The predicted octanol–water partition coefficient (Wildman–Crippen LogP) is 3.25. The molecule has 1 aromatic carbocycles. The number of carbonyl (C=O) groups excluding carboxylic acids is 3. The second-order valence-electron chi connectivity index (χ2n) is 6.23. The second kappa shape index (κ2) is 8.62. The van der Waals surface area contributed by atoms with Crippen LogP contribution in [0.1, 0.15) is 35.4 Å². The molecule has 1 aromatic heterocycles. The number of hydrogen-bond acceptors (Lipinski definition) is 4. The van der Waals surface area contributed by atoms with Gasteiger partial charge in [-0.15, -0.1) is 11.3 Å². The summed E-state index contributed by atoms with van der Waals surface area (Å²) in [6.07, 6.45) is 2.76. The van der Waals surface area contributed by atoms with Crippen molar-refractivity contribution >= 4 is 40.4 Å². The molecule has 2 aromatic rings. The zero-order valence-electron chi connectivity index (χ0n) is 14.3. The highest BCUT2D eigenvalue weighted by atomic mass is 32.1. The van der Waals surface area contributed by atoms with Gasteiger partial charge in [-0.25, -0.2) is 0 Å². The summed E-state index contributed by atoms with van der Waals surface area (Å²) in [4.78, 5) is 36.3. The lowest BCUT2D eigenvalue weighted by atomic mass is 10.2. The van der Waals surface area contributed by atoms with Crippen LogP contribution in [0.4, 0.5) is 11.4 Å². The number of amides is 3. The predicted molar refractivity (Wildman–Crippen MR) is 102 cm³/mol. The highest BCUT2D eigenvalue weighted by Crippen LogP contribution is 2.30. The van der Waals surface area contributed by atoms with E-state index in [1.807, 2.05) is 11.4 Å². The lowest BCUT2D eigenvalue weighted by Gasteiger charge is -2.09. The summed E-state index contributed by atoms with van der Waals surface area (Å²) < 4.78 is 0. The molecule has 1 heterocycles. The number of benzene rings is 1. The van der Waals surface area contributed by atoms with Gasteiger partial charge in [0.2, 0.25) is 11.8 Å². The molecule has 7 heteroatoms. The van der Waals surface area contributed by atoms with Crippen LogP contribution in [-0.2, 0) is 9.59 Å². The summed E-state index contributed by atoms with van der Waals surface area (Å²) in [6.45, 7) is 0.446. The number of nitrogens with one attached hydrogen (secondary N) is 3. The third-order valence-electron chi connectivity index (χ3n) is 3.97. The SMILES string of the molecule is O=C(CCCNC(=O)c1cccs1)Nc1cccc(NC(=O)C2CC2)c1. The number of anilines is 2. The number of hydrogen-bond donors (Lipinski definition) is 3.